The molecule has 1 heteroatoms. The lowest BCUT2D eigenvalue weighted by Gasteiger charge is -2.28. The molecule has 0 N–H and O–H groups in total. The van der Waals surface area contributed by atoms with E-state index in [1.165, 1.54) is 113 Å². The molecule has 2 aliphatic rings. The molecule has 0 amide bonds. The van der Waals surface area contributed by atoms with E-state index in [0.29, 0.717) is 0 Å². The van der Waals surface area contributed by atoms with Gasteiger partial charge >= 0.3 is 0 Å². The van der Waals surface area contributed by atoms with E-state index in [2.05, 4.69) is 237 Å². The van der Waals surface area contributed by atoms with Crippen LogP contribution in [-0.2, 0) is 5.41 Å². The molecular formula is C66H48O. The first kappa shape index (κ1) is 39.4. The van der Waals surface area contributed by atoms with Crippen LogP contribution < -0.4 is 0 Å². The predicted octanol–water partition coefficient (Wildman–Crippen LogP) is 17.9. The van der Waals surface area contributed by atoms with Gasteiger partial charge in [-0.3, -0.25) is 0 Å². The van der Waals surface area contributed by atoms with Crippen LogP contribution in [0, 0.1) is 0 Å². The van der Waals surface area contributed by atoms with Crippen LogP contribution in [0.5, 0.6) is 0 Å². The fourth-order valence-corrected chi connectivity index (χ4v) is 11.6. The molecule has 0 saturated heterocycles. The number of fused-ring (bicyclic) bond motifs is 8. The van der Waals surface area contributed by atoms with Crippen LogP contribution in [0.2, 0.25) is 0 Å². The predicted molar refractivity (Wildman–Crippen MR) is 279 cm³/mol. The number of furan rings is 1. The lowest BCUT2D eigenvalue weighted by atomic mass is 9.74. The second kappa shape index (κ2) is 16.2. The molecule has 13 rings (SSSR count). The van der Waals surface area contributed by atoms with E-state index in [-0.39, 0.29) is 11.3 Å². The summed E-state index contributed by atoms with van der Waals surface area (Å²) in [6.07, 6.45) is 4.79. The van der Waals surface area contributed by atoms with Gasteiger partial charge in [-0.25, -0.2) is 0 Å². The molecule has 0 radical (unpaired) electrons. The van der Waals surface area contributed by atoms with Crippen LogP contribution in [0.15, 0.2) is 241 Å². The second-order valence-electron chi connectivity index (χ2n) is 18.7. The van der Waals surface area contributed by atoms with Crippen LogP contribution >= 0.6 is 0 Å². The molecule has 0 aliphatic heterocycles. The maximum Gasteiger partial charge on any atom is 0.143 e. The second-order valence-corrected chi connectivity index (χ2v) is 18.7. The average molecular weight is 857 g/mol. The number of hydrogen-bond donors (Lipinski definition) is 0. The summed E-state index contributed by atoms with van der Waals surface area (Å²) in [7, 11) is 0. The minimum atomic E-state index is -0.0193. The van der Waals surface area contributed by atoms with Gasteiger partial charge in [-0.15, -0.1) is 0 Å². The number of para-hydroxylation sites is 2. The van der Waals surface area contributed by atoms with Crippen LogP contribution in [0.3, 0.4) is 0 Å². The Labute approximate surface area is 392 Å². The average Bonchev–Trinajstić information content (AvgIpc) is 4.13. The largest absolute Gasteiger partial charge is 0.455 e. The highest BCUT2D eigenvalue weighted by atomic mass is 16.3. The zero-order valence-corrected chi connectivity index (χ0v) is 37.3. The summed E-state index contributed by atoms with van der Waals surface area (Å²) in [5.74, 6) is 0.0535. The van der Waals surface area contributed by atoms with Gasteiger partial charge in [-0.2, -0.15) is 0 Å². The van der Waals surface area contributed by atoms with Crippen LogP contribution in [0.25, 0.3) is 88.7 Å². The van der Waals surface area contributed by atoms with E-state index >= 15 is 0 Å². The topological polar surface area (TPSA) is 13.1 Å². The van der Waals surface area contributed by atoms with Crippen LogP contribution in [0.1, 0.15) is 59.4 Å². The number of rotatable bonds is 8. The van der Waals surface area contributed by atoms with E-state index in [9.17, 15) is 0 Å². The Balaban J connectivity index is 0.886. The first-order valence-corrected chi connectivity index (χ1v) is 23.9. The monoisotopic (exact) mass is 856 g/mol. The molecule has 1 nitrogen and oxygen atoms in total. The Morgan fingerprint density at radius 2 is 0.731 bits per heavy atom. The summed E-state index contributed by atoms with van der Waals surface area (Å²) < 4.78 is 6.57. The zero-order chi connectivity index (χ0) is 44.3. The lowest BCUT2D eigenvalue weighted by molar-refractivity contribution is 0.549. The number of benzene rings is 10. The highest BCUT2D eigenvalue weighted by molar-refractivity contribution is 6.09. The summed E-state index contributed by atoms with van der Waals surface area (Å²) in [5.41, 5.74) is 23.8. The fourth-order valence-electron chi connectivity index (χ4n) is 11.6. The van der Waals surface area contributed by atoms with Crippen molar-refractivity contribution in [3.63, 3.8) is 0 Å². The molecule has 11 aromatic rings. The molecule has 0 atom stereocenters. The van der Waals surface area contributed by atoms with Crippen LogP contribution in [0.4, 0.5) is 0 Å². The van der Waals surface area contributed by atoms with Gasteiger partial charge in [-0.1, -0.05) is 237 Å². The van der Waals surface area contributed by atoms with Crippen molar-refractivity contribution in [1.29, 1.82) is 0 Å². The standard InChI is InChI=1S/C66H48O/c1-3-12-44(13-4-1)46-20-24-48(25-21-46)50-28-32-52(33-29-50)64(53-34-30-51(31-35-53)49-26-22-47(23-27-49)45-14-5-2-6-15-45)55-37-39-58-57-38-36-54(42-61(57)66(62(58)43-55)40-9-10-41-66)56-17-11-18-60-59-16-7-8-19-63(59)67-65(56)60/h1-8,11-39,42-43,64H,9-10,40-41H2. The minimum Gasteiger partial charge on any atom is -0.455 e. The van der Waals surface area contributed by atoms with Crippen molar-refractivity contribution in [2.45, 2.75) is 37.0 Å². The van der Waals surface area contributed by atoms with E-state index in [0.717, 1.165) is 29.6 Å². The summed E-state index contributed by atoms with van der Waals surface area (Å²) >= 11 is 0. The van der Waals surface area contributed by atoms with Crippen molar-refractivity contribution >= 4 is 21.9 Å². The first-order chi connectivity index (χ1) is 33.2. The molecule has 67 heavy (non-hydrogen) atoms. The lowest BCUT2D eigenvalue weighted by Crippen LogP contribution is -2.21. The SMILES string of the molecule is c1ccc(-c2ccc(-c3ccc(C(c4ccc(-c5ccc(-c6ccccc6)cc5)cc4)c4ccc5c(c4)C4(CCCC4)c4cc(-c6cccc7c6oc6ccccc67)ccc4-5)cc3)cc2)cc1. The summed E-state index contributed by atoms with van der Waals surface area (Å²) in [5, 5.41) is 2.34. The van der Waals surface area contributed by atoms with E-state index in [1.54, 1.807) is 0 Å². The van der Waals surface area contributed by atoms with Gasteiger partial charge in [0.2, 0.25) is 0 Å². The van der Waals surface area contributed by atoms with Crippen molar-refractivity contribution in [2.75, 3.05) is 0 Å². The van der Waals surface area contributed by atoms with Crippen LogP contribution in [-0.4, -0.2) is 0 Å². The van der Waals surface area contributed by atoms with Crippen molar-refractivity contribution in [1.82, 2.24) is 0 Å². The highest BCUT2D eigenvalue weighted by Gasteiger charge is 2.45. The third-order valence-electron chi connectivity index (χ3n) is 15.0. The molecule has 1 fully saturated rings. The molecule has 1 aromatic heterocycles. The third kappa shape index (κ3) is 6.76. The first-order valence-electron chi connectivity index (χ1n) is 23.9. The Hall–Kier alpha value is -8.00. The van der Waals surface area contributed by atoms with Gasteiger partial charge in [0.15, 0.2) is 0 Å². The maximum absolute atomic E-state index is 6.57. The Morgan fingerprint density at radius 1 is 0.313 bits per heavy atom. The molecule has 1 heterocycles. The molecule has 1 spiro atoms. The summed E-state index contributed by atoms with van der Waals surface area (Å²) in [6, 6.07) is 87.6. The van der Waals surface area contributed by atoms with Gasteiger partial charge in [0, 0.05) is 27.7 Å². The highest BCUT2D eigenvalue weighted by Crippen LogP contribution is 2.58. The quantitative estimate of drug-likeness (QED) is 0.139. The molecule has 318 valence electrons. The van der Waals surface area contributed by atoms with E-state index < -0.39 is 0 Å². The van der Waals surface area contributed by atoms with Crippen molar-refractivity contribution in [3.8, 4) is 66.8 Å². The minimum absolute atomic E-state index is 0.0193. The Bertz CT molecular complexity index is 3450. The molecule has 1 saturated carbocycles. The van der Waals surface area contributed by atoms with Gasteiger partial charge in [0.1, 0.15) is 11.2 Å². The molecule has 0 unspecified atom stereocenters. The zero-order valence-electron chi connectivity index (χ0n) is 37.3. The number of hydrogen-bond acceptors (Lipinski definition) is 1. The Morgan fingerprint density at radius 3 is 1.28 bits per heavy atom. The van der Waals surface area contributed by atoms with E-state index in [4.69, 9.17) is 4.42 Å². The maximum atomic E-state index is 6.57. The molecule has 2 aliphatic carbocycles. The van der Waals surface area contributed by atoms with Crippen molar-refractivity contribution in [2.24, 2.45) is 0 Å². The van der Waals surface area contributed by atoms with Gasteiger partial charge in [0.05, 0.1) is 0 Å². The van der Waals surface area contributed by atoms with E-state index in [1.807, 2.05) is 0 Å². The molecular weight excluding hydrogens is 809 g/mol. The van der Waals surface area contributed by atoms with Crippen molar-refractivity contribution in [3.05, 3.63) is 264 Å². The Kier molecular flexibility index (Phi) is 9.49. The smallest absolute Gasteiger partial charge is 0.143 e. The summed E-state index contributed by atoms with van der Waals surface area (Å²) in [4.78, 5) is 0. The van der Waals surface area contributed by atoms with Gasteiger partial charge < -0.3 is 4.42 Å². The third-order valence-corrected chi connectivity index (χ3v) is 15.0. The van der Waals surface area contributed by atoms with Gasteiger partial charge in [-0.05, 0) is 114 Å². The van der Waals surface area contributed by atoms with Gasteiger partial charge in [0.25, 0.3) is 0 Å². The normalized spacial score (nSPS) is 13.7. The molecule has 10 aromatic carbocycles. The molecule has 0 bridgehead atoms. The fraction of sp³-hybridized carbons (Fsp3) is 0.0909. The summed E-state index contributed by atoms with van der Waals surface area (Å²) in [6.45, 7) is 0. The van der Waals surface area contributed by atoms with Crippen molar-refractivity contribution < 1.29 is 4.42 Å².